The molecular formula is C24H24N2O5. The Hall–Kier alpha value is -3.61. The van der Waals surface area contributed by atoms with E-state index in [0.29, 0.717) is 35.7 Å². The van der Waals surface area contributed by atoms with Crippen LogP contribution >= 0.6 is 0 Å². The first-order valence-corrected chi connectivity index (χ1v) is 10.1. The number of para-hydroxylation sites is 1. The number of nitrogens with one attached hydrogen (secondary N) is 1. The van der Waals surface area contributed by atoms with Crippen molar-refractivity contribution in [2.24, 2.45) is 11.8 Å². The molecule has 1 saturated heterocycles. The van der Waals surface area contributed by atoms with Gasteiger partial charge in [0.2, 0.25) is 11.8 Å². The van der Waals surface area contributed by atoms with E-state index in [1.54, 1.807) is 42.5 Å². The molecule has 0 bridgehead atoms. The third-order valence-corrected chi connectivity index (χ3v) is 5.87. The molecule has 4 rings (SSSR count). The average Bonchev–Trinajstić information content (AvgIpc) is 3.02. The maximum atomic E-state index is 13.2. The van der Waals surface area contributed by atoms with E-state index in [0.717, 1.165) is 5.57 Å². The largest absolute Gasteiger partial charge is 0.497 e. The summed E-state index contributed by atoms with van der Waals surface area (Å²) in [5.74, 6) is -0.668. The molecule has 2 aliphatic rings. The molecule has 7 nitrogen and oxygen atoms in total. The zero-order valence-corrected chi connectivity index (χ0v) is 17.7. The van der Waals surface area contributed by atoms with E-state index in [2.05, 4.69) is 5.32 Å². The summed E-state index contributed by atoms with van der Waals surface area (Å²) >= 11 is 0. The number of fused-ring (bicyclic) bond motifs is 1. The Morgan fingerprint density at radius 3 is 2.52 bits per heavy atom. The number of allylic oxidation sites excluding steroid dienone is 2. The third-order valence-electron chi connectivity index (χ3n) is 5.87. The molecule has 31 heavy (non-hydrogen) atoms. The number of hydrogen-bond acceptors (Lipinski definition) is 5. The third kappa shape index (κ3) is 3.67. The number of anilines is 2. The number of hydrogen-bond donors (Lipinski definition) is 1. The van der Waals surface area contributed by atoms with Gasteiger partial charge in [-0.1, -0.05) is 23.8 Å². The Morgan fingerprint density at radius 1 is 1.03 bits per heavy atom. The van der Waals surface area contributed by atoms with Crippen LogP contribution in [0.5, 0.6) is 11.5 Å². The summed E-state index contributed by atoms with van der Waals surface area (Å²) in [6.07, 6.45) is 3.14. The van der Waals surface area contributed by atoms with Gasteiger partial charge in [-0.2, -0.15) is 0 Å². The smallest absolute Gasteiger partial charge is 0.257 e. The van der Waals surface area contributed by atoms with Crippen LogP contribution in [0.3, 0.4) is 0 Å². The van der Waals surface area contributed by atoms with Crippen molar-refractivity contribution in [3.05, 3.63) is 59.7 Å². The van der Waals surface area contributed by atoms with Crippen LogP contribution < -0.4 is 19.7 Å². The van der Waals surface area contributed by atoms with Crippen molar-refractivity contribution >= 4 is 29.1 Å². The number of carbonyl (C=O) groups is 3. The van der Waals surface area contributed by atoms with E-state index in [1.165, 1.54) is 19.1 Å². The number of benzene rings is 2. The molecule has 1 fully saturated rings. The van der Waals surface area contributed by atoms with Gasteiger partial charge in [-0.15, -0.1) is 0 Å². The van der Waals surface area contributed by atoms with E-state index in [1.807, 2.05) is 13.0 Å². The number of methoxy groups -OCH3 is 2. The van der Waals surface area contributed by atoms with Crippen LogP contribution in [0.25, 0.3) is 0 Å². The second kappa shape index (κ2) is 8.26. The summed E-state index contributed by atoms with van der Waals surface area (Å²) in [4.78, 5) is 40.6. The second-order valence-corrected chi connectivity index (χ2v) is 7.75. The number of amides is 3. The zero-order valence-electron chi connectivity index (χ0n) is 17.7. The van der Waals surface area contributed by atoms with Gasteiger partial charge in [-0.3, -0.25) is 14.4 Å². The number of rotatable bonds is 5. The molecule has 1 aliphatic carbocycles. The predicted molar refractivity (Wildman–Crippen MR) is 116 cm³/mol. The molecular weight excluding hydrogens is 396 g/mol. The Kier molecular flexibility index (Phi) is 5.50. The number of ether oxygens (including phenoxy) is 2. The summed E-state index contributed by atoms with van der Waals surface area (Å²) in [5.41, 5.74) is 2.07. The maximum absolute atomic E-state index is 13.2. The van der Waals surface area contributed by atoms with Crippen LogP contribution in [0.2, 0.25) is 0 Å². The van der Waals surface area contributed by atoms with Crippen molar-refractivity contribution in [3.8, 4) is 11.5 Å². The second-order valence-electron chi connectivity index (χ2n) is 7.75. The van der Waals surface area contributed by atoms with Crippen molar-refractivity contribution in [1.29, 1.82) is 0 Å². The van der Waals surface area contributed by atoms with Gasteiger partial charge in [-0.25, -0.2) is 4.90 Å². The zero-order chi connectivity index (χ0) is 22.1. The topological polar surface area (TPSA) is 84.9 Å². The molecule has 3 amide bonds. The minimum absolute atomic E-state index is 0.234. The molecule has 1 aliphatic heterocycles. The lowest BCUT2D eigenvalue weighted by Gasteiger charge is -2.19. The first kappa shape index (κ1) is 20.7. The Morgan fingerprint density at radius 2 is 1.77 bits per heavy atom. The fraction of sp³-hybridized carbons (Fsp3) is 0.292. The summed E-state index contributed by atoms with van der Waals surface area (Å²) in [5, 5.41) is 2.81. The standard InChI is InChI=1S/C24H24N2O5/c1-14-8-10-16-18(12-14)24(29)26(23(16)28)20-7-5-4-6-17(20)22(27)25-19-13-15(30-2)9-11-21(19)31-3/h4-9,11,13,16,18H,10,12H2,1-3H3,(H,25,27). The van der Waals surface area contributed by atoms with Crippen molar-refractivity contribution in [3.63, 3.8) is 0 Å². The van der Waals surface area contributed by atoms with Crippen LogP contribution in [0.15, 0.2) is 54.1 Å². The summed E-state index contributed by atoms with van der Waals surface area (Å²) in [6, 6.07) is 11.7. The highest BCUT2D eigenvalue weighted by atomic mass is 16.5. The Balaban J connectivity index is 1.66. The van der Waals surface area contributed by atoms with Crippen molar-refractivity contribution in [2.45, 2.75) is 19.8 Å². The van der Waals surface area contributed by atoms with Crippen LogP contribution in [0, 0.1) is 11.8 Å². The first-order valence-electron chi connectivity index (χ1n) is 10.1. The normalized spacial score (nSPS) is 20.2. The molecule has 2 atom stereocenters. The molecule has 160 valence electrons. The fourth-order valence-electron chi connectivity index (χ4n) is 4.24. The molecule has 2 aromatic carbocycles. The summed E-state index contributed by atoms with van der Waals surface area (Å²) in [6.45, 7) is 1.97. The molecule has 2 aromatic rings. The predicted octanol–water partition coefficient (Wildman–Crippen LogP) is 3.80. The highest BCUT2D eigenvalue weighted by Crippen LogP contribution is 2.41. The van der Waals surface area contributed by atoms with E-state index in [9.17, 15) is 14.4 Å². The van der Waals surface area contributed by atoms with E-state index in [-0.39, 0.29) is 29.2 Å². The number of nitrogens with zero attached hydrogens (tertiary/aromatic N) is 1. The molecule has 0 aromatic heterocycles. The van der Waals surface area contributed by atoms with Gasteiger partial charge in [0, 0.05) is 6.07 Å². The molecule has 0 saturated carbocycles. The highest BCUT2D eigenvalue weighted by molar-refractivity contribution is 6.25. The molecule has 7 heteroatoms. The molecule has 0 spiro atoms. The number of carbonyl (C=O) groups excluding carboxylic acids is 3. The van der Waals surface area contributed by atoms with Gasteiger partial charge in [0.25, 0.3) is 5.91 Å². The van der Waals surface area contributed by atoms with E-state index >= 15 is 0 Å². The van der Waals surface area contributed by atoms with E-state index < -0.39 is 5.91 Å². The molecule has 1 N–H and O–H groups in total. The van der Waals surface area contributed by atoms with Crippen molar-refractivity contribution in [1.82, 2.24) is 0 Å². The van der Waals surface area contributed by atoms with E-state index in [4.69, 9.17) is 9.47 Å². The van der Waals surface area contributed by atoms with Crippen LogP contribution in [0.1, 0.15) is 30.1 Å². The first-order chi connectivity index (χ1) is 14.9. The summed E-state index contributed by atoms with van der Waals surface area (Å²) in [7, 11) is 3.04. The SMILES string of the molecule is COc1ccc(OC)c(NC(=O)c2ccccc2N2C(=O)C3CC=C(C)CC3C2=O)c1. The average molecular weight is 420 g/mol. The minimum Gasteiger partial charge on any atom is -0.497 e. The van der Waals surface area contributed by atoms with Gasteiger partial charge in [0.15, 0.2) is 0 Å². The fourth-order valence-corrected chi connectivity index (χ4v) is 4.24. The lowest BCUT2D eigenvalue weighted by Crippen LogP contribution is -2.33. The minimum atomic E-state index is -0.452. The Bertz CT molecular complexity index is 1090. The molecule has 0 radical (unpaired) electrons. The van der Waals surface area contributed by atoms with Gasteiger partial charge >= 0.3 is 0 Å². The lowest BCUT2D eigenvalue weighted by atomic mass is 9.82. The van der Waals surface area contributed by atoms with Gasteiger partial charge < -0.3 is 14.8 Å². The monoisotopic (exact) mass is 420 g/mol. The Labute approximate surface area is 180 Å². The molecule has 2 unspecified atom stereocenters. The van der Waals surface area contributed by atoms with Crippen LogP contribution in [-0.4, -0.2) is 31.9 Å². The number of imide groups is 1. The van der Waals surface area contributed by atoms with Gasteiger partial charge in [-0.05, 0) is 44.0 Å². The highest BCUT2D eigenvalue weighted by Gasteiger charge is 2.49. The lowest BCUT2D eigenvalue weighted by molar-refractivity contribution is -0.122. The van der Waals surface area contributed by atoms with Crippen LogP contribution in [0.4, 0.5) is 11.4 Å². The van der Waals surface area contributed by atoms with Gasteiger partial charge in [0.1, 0.15) is 11.5 Å². The molecule has 1 heterocycles. The van der Waals surface area contributed by atoms with Crippen LogP contribution in [-0.2, 0) is 9.59 Å². The quantitative estimate of drug-likeness (QED) is 0.587. The van der Waals surface area contributed by atoms with Gasteiger partial charge in [0.05, 0.1) is 43.0 Å². The van der Waals surface area contributed by atoms with Crippen molar-refractivity contribution < 1.29 is 23.9 Å². The van der Waals surface area contributed by atoms with Crippen molar-refractivity contribution in [2.75, 3.05) is 24.4 Å². The maximum Gasteiger partial charge on any atom is 0.257 e. The summed E-state index contributed by atoms with van der Waals surface area (Å²) < 4.78 is 10.6.